The van der Waals surface area contributed by atoms with Crippen LogP contribution in [0.15, 0.2) is 36.4 Å². The number of carbonyl (C=O) groups is 2. The van der Waals surface area contributed by atoms with Crippen molar-refractivity contribution in [3.63, 3.8) is 0 Å². The molecule has 26 heavy (non-hydrogen) atoms. The van der Waals surface area contributed by atoms with Gasteiger partial charge in [-0.2, -0.15) is 0 Å². The molecule has 0 bridgehead atoms. The van der Waals surface area contributed by atoms with Gasteiger partial charge >= 0.3 is 0 Å². The van der Waals surface area contributed by atoms with Gasteiger partial charge in [-0.15, -0.1) is 0 Å². The van der Waals surface area contributed by atoms with Gasteiger partial charge in [-0.3, -0.25) is 9.59 Å². The summed E-state index contributed by atoms with van der Waals surface area (Å²) < 4.78 is 10.9. The Labute approximate surface area is 157 Å². The van der Waals surface area contributed by atoms with Crippen LogP contribution in [-0.4, -0.2) is 25.0 Å². The Hall–Kier alpha value is -2.73. The first kappa shape index (κ1) is 19.6. The van der Waals surface area contributed by atoms with Crippen LogP contribution >= 0.6 is 11.6 Å². The number of anilines is 2. The number of methoxy groups -OCH3 is 1. The van der Waals surface area contributed by atoms with E-state index in [2.05, 4.69) is 10.6 Å². The fourth-order valence-electron chi connectivity index (χ4n) is 2.27. The molecule has 6 nitrogen and oxygen atoms in total. The molecule has 138 valence electrons. The van der Waals surface area contributed by atoms with Crippen molar-refractivity contribution in [1.29, 1.82) is 0 Å². The van der Waals surface area contributed by atoms with Gasteiger partial charge in [0.15, 0.2) is 6.10 Å². The zero-order chi connectivity index (χ0) is 19.3. The molecule has 1 atom stereocenters. The first-order chi connectivity index (χ1) is 12.3. The van der Waals surface area contributed by atoms with E-state index in [1.165, 1.54) is 14.0 Å². The maximum absolute atomic E-state index is 12.5. The van der Waals surface area contributed by atoms with E-state index in [1.54, 1.807) is 37.3 Å². The maximum Gasteiger partial charge on any atom is 0.265 e. The summed E-state index contributed by atoms with van der Waals surface area (Å²) in [6.07, 6.45) is -0.788. The number of ether oxygens (including phenoxy) is 2. The topological polar surface area (TPSA) is 76.7 Å². The third kappa shape index (κ3) is 5.13. The minimum Gasteiger partial charge on any atom is -0.495 e. The van der Waals surface area contributed by atoms with Crippen molar-refractivity contribution < 1.29 is 19.1 Å². The van der Waals surface area contributed by atoms with Crippen molar-refractivity contribution >= 4 is 34.8 Å². The Morgan fingerprint density at radius 1 is 1.08 bits per heavy atom. The van der Waals surface area contributed by atoms with Crippen LogP contribution in [0.1, 0.15) is 19.4 Å². The third-order valence-corrected chi connectivity index (χ3v) is 3.85. The SMILES string of the molecule is COc1ccc(NC(C)=O)cc1NC(=O)C(C)Oc1cc(C)ccc1Cl. The van der Waals surface area contributed by atoms with Gasteiger partial charge in [0.2, 0.25) is 5.91 Å². The van der Waals surface area contributed by atoms with E-state index in [9.17, 15) is 9.59 Å². The van der Waals surface area contributed by atoms with Crippen molar-refractivity contribution in [1.82, 2.24) is 0 Å². The fraction of sp³-hybridized carbons (Fsp3) is 0.263. The minimum atomic E-state index is -0.788. The predicted molar refractivity (Wildman–Crippen MR) is 102 cm³/mol. The second-order valence-corrected chi connectivity index (χ2v) is 6.19. The summed E-state index contributed by atoms with van der Waals surface area (Å²) in [6.45, 7) is 4.94. The predicted octanol–water partition coefficient (Wildman–Crippen LogP) is 4.02. The summed E-state index contributed by atoms with van der Waals surface area (Å²) in [5.41, 5.74) is 1.94. The Kier molecular flexibility index (Phi) is 6.46. The molecule has 0 aliphatic rings. The fourth-order valence-corrected chi connectivity index (χ4v) is 2.43. The Morgan fingerprint density at radius 3 is 2.46 bits per heavy atom. The molecule has 0 radical (unpaired) electrons. The molecule has 1 unspecified atom stereocenters. The van der Waals surface area contributed by atoms with Crippen LogP contribution in [0, 0.1) is 6.92 Å². The number of aryl methyl sites for hydroxylation is 1. The number of rotatable bonds is 6. The Bertz CT molecular complexity index is 823. The van der Waals surface area contributed by atoms with Crippen molar-refractivity contribution in [3.05, 3.63) is 47.0 Å². The normalized spacial score (nSPS) is 11.4. The molecule has 7 heteroatoms. The molecule has 0 spiro atoms. The average Bonchev–Trinajstić information content (AvgIpc) is 2.57. The molecule has 0 aliphatic carbocycles. The molecule has 2 N–H and O–H groups in total. The first-order valence-electron chi connectivity index (χ1n) is 7.99. The van der Waals surface area contributed by atoms with Crippen LogP contribution < -0.4 is 20.1 Å². The third-order valence-electron chi connectivity index (χ3n) is 3.54. The number of halogens is 1. The quantitative estimate of drug-likeness (QED) is 0.798. The zero-order valence-electron chi connectivity index (χ0n) is 15.1. The summed E-state index contributed by atoms with van der Waals surface area (Å²) in [5, 5.41) is 5.83. The number of hydrogen-bond donors (Lipinski definition) is 2. The minimum absolute atomic E-state index is 0.210. The molecule has 2 rings (SSSR count). The lowest BCUT2D eigenvalue weighted by molar-refractivity contribution is -0.122. The molecule has 0 aromatic heterocycles. The highest BCUT2D eigenvalue weighted by molar-refractivity contribution is 6.32. The van der Waals surface area contributed by atoms with E-state index in [1.807, 2.05) is 13.0 Å². The molecule has 2 amide bonds. The van der Waals surface area contributed by atoms with Crippen molar-refractivity contribution in [2.45, 2.75) is 26.9 Å². The lowest BCUT2D eigenvalue weighted by atomic mass is 10.2. The van der Waals surface area contributed by atoms with Gasteiger partial charge < -0.3 is 20.1 Å². The van der Waals surface area contributed by atoms with Crippen LogP contribution in [0.4, 0.5) is 11.4 Å². The number of benzene rings is 2. The van der Waals surface area contributed by atoms with E-state index in [-0.39, 0.29) is 11.8 Å². The van der Waals surface area contributed by atoms with Gasteiger partial charge in [-0.25, -0.2) is 0 Å². The van der Waals surface area contributed by atoms with Gasteiger partial charge in [-0.1, -0.05) is 17.7 Å². The van der Waals surface area contributed by atoms with Crippen molar-refractivity contribution in [3.8, 4) is 11.5 Å². The van der Waals surface area contributed by atoms with E-state index < -0.39 is 6.10 Å². The smallest absolute Gasteiger partial charge is 0.265 e. The van der Waals surface area contributed by atoms with Gasteiger partial charge in [0.1, 0.15) is 11.5 Å². The Balaban J connectivity index is 2.14. The molecular weight excluding hydrogens is 356 g/mol. The van der Waals surface area contributed by atoms with Gasteiger partial charge in [0.25, 0.3) is 5.91 Å². The number of carbonyl (C=O) groups excluding carboxylic acids is 2. The Morgan fingerprint density at radius 2 is 1.81 bits per heavy atom. The summed E-state index contributed by atoms with van der Waals surface area (Å²) in [6, 6.07) is 10.3. The summed E-state index contributed by atoms with van der Waals surface area (Å²) in [7, 11) is 1.50. The molecule has 2 aromatic carbocycles. The van der Waals surface area contributed by atoms with Crippen LogP contribution in [0.25, 0.3) is 0 Å². The molecule has 2 aromatic rings. The molecule has 0 fully saturated rings. The lowest BCUT2D eigenvalue weighted by Gasteiger charge is -2.17. The average molecular weight is 377 g/mol. The highest BCUT2D eigenvalue weighted by atomic mass is 35.5. The lowest BCUT2D eigenvalue weighted by Crippen LogP contribution is -2.30. The number of hydrogen-bond acceptors (Lipinski definition) is 4. The van der Waals surface area contributed by atoms with Gasteiger partial charge in [0.05, 0.1) is 17.8 Å². The second-order valence-electron chi connectivity index (χ2n) is 5.78. The van der Waals surface area contributed by atoms with Crippen molar-refractivity contribution in [2.24, 2.45) is 0 Å². The van der Waals surface area contributed by atoms with Gasteiger partial charge in [-0.05, 0) is 49.7 Å². The number of amides is 2. The summed E-state index contributed by atoms with van der Waals surface area (Å²) in [5.74, 6) is 0.320. The van der Waals surface area contributed by atoms with E-state index in [4.69, 9.17) is 21.1 Å². The van der Waals surface area contributed by atoms with E-state index in [0.29, 0.717) is 27.9 Å². The molecular formula is C19H21ClN2O4. The van der Waals surface area contributed by atoms with Crippen molar-refractivity contribution in [2.75, 3.05) is 17.7 Å². The van der Waals surface area contributed by atoms with Crippen LogP contribution in [0.3, 0.4) is 0 Å². The second kappa shape index (κ2) is 8.58. The van der Waals surface area contributed by atoms with E-state index in [0.717, 1.165) is 5.56 Å². The first-order valence-corrected chi connectivity index (χ1v) is 8.37. The monoisotopic (exact) mass is 376 g/mol. The van der Waals surface area contributed by atoms with E-state index >= 15 is 0 Å². The maximum atomic E-state index is 12.5. The standard InChI is InChI=1S/C19H21ClN2O4/c1-11-5-7-15(20)18(9-11)26-12(2)19(24)22-16-10-14(21-13(3)23)6-8-17(16)25-4/h5-10,12H,1-4H3,(H,21,23)(H,22,24). The largest absolute Gasteiger partial charge is 0.495 e. The highest BCUT2D eigenvalue weighted by Gasteiger charge is 2.18. The zero-order valence-corrected chi connectivity index (χ0v) is 15.8. The molecule has 0 saturated carbocycles. The summed E-state index contributed by atoms with van der Waals surface area (Å²) >= 11 is 6.11. The molecule has 0 saturated heterocycles. The van der Waals surface area contributed by atoms with Crippen LogP contribution in [0.5, 0.6) is 11.5 Å². The van der Waals surface area contributed by atoms with Crippen LogP contribution in [-0.2, 0) is 9.59 Å². The highest BCUT2D eigenvalue weighted by Crippen LogP contribution is 2.29. The molecule has 0 aliphatic heterocycles. The number of nitrogens with one attached hydrogen (secondary N) is 2. The van der Waals surface area contributed by atoms with Gasteiger partial charge in [0, 0.05) is 12.6 Å². The summed E-state index contributed by atoms with van der Waals surface area (Å²) in [4.78, 5) is 23.7. The van der Waals surface area contributed by atoms with Crippen LogP contribution in [0.2, 0.25) is 5.02 Å². The molecule has 0 heterocycles.